The van der Waals surface area contributed by atoms with Crippen molar-refractivity contribution >= 4 is 0 Å². The normalized spacial score (nSPS) is 24.0. The van der Waals surface area contributed by atoms with E-state index in [0.29, 0.717) is 0 Å². The molecule has 0 aromatic carbocycles. The van der Waals surface area contributed by atoms with E-state index in [-0.39, 0.29) is 5.54 Å². The maximum absolute atomic E-state index is 6.18. The van der Waals surface area contributed by atoms with Crippen LogP contribution in [0.5, 0.6) is 0 Å². The molecule has 1 fully saturated rings. The summed E-state index contributed by atoms with van der Waals surface area (Å²) in [5, 5.41) is 3.31. The first-order valence-electron chi connectivity index (χ1n) is 4.27. The maximum atomic E-state index is 6.18. The molecule has 3 N–H and O–H groups in total. The smallest absolute Gasteiger partial charge is 0.0307 e. The lowest BCUT2D eigenvalue weighted by Gasteiger charge is -2.36. The number of hydrogen-bond donors (Lipinski definition) is 2. The molecular weight excluding hydrogens is 138 g/mol. The average molecular weight is 157 g/mol. The summed E-state index contributed by atoms with van der Waals surface area (Å²) < 4.78 is 0. The lowest BCUT2D eigenvalue weighted by molar-refractivity contribution is 0.229. The second-order valence-corrected chi connectivity index (χ2v) is 3.85. The van der Waals surface area contributed by atoms with Crippen LogP contribution >= 0.6 is 0 Å². The summed E-state index contributed by atoms with van der Waals surface area (Å²) in [4.78, 5) is 2.17. The van der Waals surface area contributed by atoms with Gasteiger partial charge in [-0.1, -0.05) is 0 Å². The standard InChI is InChI=1S/C8H19N3/c1-11(2)7-8(9)3-5-10-6-4-8/h10H,3-7,9H2,1-2H3. The van der Waals surface area contributed by atoms with Gasteiger partial charge < -0.3 is 16.0 Å². The third kappa shape index (κ3) is 2.77. The van der Waals surface area contributed by atoms with Gasteiger partial charge in [0, 0.05) is 12.1 Å². The zero-order chi connectivity index (χ0) is 8.32. The van der Waals surface area contributed by atoms with E-state index >= 15 is 0 Å². The highest BCUT2D eigenvalue weighted by Gasteiger charge is 2.27. The summed E-state index contributed by atoms with van der Waals surface area (Å²) in [6.07, 6.45) is 2.20. The zero-order valence-electron chi connectivity index (χ0n) is 7.56. The topological polar surface area (TPSA) is 41.3 Å². The quantitative estimate of drug-likeness (QED) is 0.574. The maximum Gasteiger partial charge on any atom is 0.0307 e. The summed E-state index contributed by atoms with van der Waals surface area (Å²) in [5.74, 6) is 0. The molecule has 0 aliphatic carbocycles. The van der Waals surface area contributed by atoms with Crippen LogP contribution in [-0.2, 0) is 0 Å². The van der Waals surface area contributed by atoms with E-state index in [1.54, 1.807) is 0 Å². The Bertz CT molecular complexity index is 117. The van der Waals surface area contributed by atoms with Crippen LogP contribution in [0.3, 0.4) is 0 Å². The van der Waals surface area contributed by atoms with Gasteiger partial charge in [0.15, 0.2) is 0 Å². The molecule has 0 bridgehead atoms. The first-order chi connectivity index (χ1) is 5.12. The van der Waals surface area contributed by atoms with Gasteiger partial charge in [-0.2, -0.15) is 0 Å². The molecule has 1 heterocycles. The number of nitrogens with one attached hydrogen (secondary N) is 1. The van der Waals surface area contributed by atoms with Gasteiger partial charge in [-0.15, -0.1) is 0 Å². The molecule has 66 valence electrons. The predicted octanol–water partition coefficient (Wildman–Crippen LogP) is -0.371. The largest absolute Gasteiger partial charge is 0.324 e. The van der Waals surface area contributed by atoms with Gasteiger partial charge in [-0.05, 0) is 40.0 Å². The van der Waals surface area contributed by atoms with Crippen molar-refractivity contribution < 1.29 is 0 Å². The molecule has 0 aromatic rings. The Morgan fingerprint density at radius 2 is 1.91 bits per heavy atom. The SMILES string of the molecule is CN(C)CC1(N)CCNCC1. The fraction of sp³-hybridized carbons (Fsp3) is 1.00. The Balaban J connectivity index is 2.37. The van der Waals surface area contributed by atoms with Crippen LogP contribution in [0.25, 0.3) is 0 Å². The van der Waals surface area contributed by atoms with E-state index in [0.717, 1.165) is 32.5 Å². The van der Waals surface area contributed by atoms with Crippen LogP contribution < -0.4 is 11.1 Å². The third-order valence-electron chi connectivity index (χ3n) is 2.23. The van der Waals surface area contributed by atoms with Crippen molar-refractivity contribution in [2.75, 3.05) is 33.7 Å². The van der Waals surface area contributed by atoms with Crippen LogP contribution in [0.1, 0.15) is 12.8 Å². The number of likely N-dealkylation sites (N-methyl/N-ethyl adjacent to an activating group) is 1. The van der Waals surface area contributed by atoms with Crippen LogP contribution in [0.4, 0.5) is 0 Å². The van der Waals surface area contributed by atoms with E-state index in [4.69, 9.17) is 5.73 Å². The zero-order valence-corrected chi connectivity index (χ0v) is 7.56. The Morgan fingerprint density at radius 3 is 2.36 bits per heavy atom. The van der Waals surface area contributed by atoms with Gasteiger partial charge in [0.05, 0.1) is 0 Å². The van der Waals surface area contributed by atoms with Crippen molar-refractivity contribution in [1.82, 2.24) is 10.2 Å². The van der Waals surface area contributed by atoms with Crippen molar-refractivity contribution in [3.05, 3.63) is 0 Å². The fourth-order valence-electron chi connectivity index (χ4n) is 1.71. The molecule has 0 amide bonds. The first kappa shape index (κ1) is 8.97. The number of rotatable bonds is 2. The summed E-state index contributed by atoms with van der Waals surface area (Å²) in [6, 6.07) is 0. The summed E-state index contributed by atoms with van der Waals surface area (Å²) in [5.41, 5.74) is 6.24. The minimum absolute atomic E-state index is 0.0642. The van der Waals surface area contributed by atoms with Gasteiger partial charge in [0.25, 0.3) is 0 Å². The van der Waals surface area contributed by atoms with Gasteiger partial charge in [0.1, 0.15) is 0 Å². The molecule has 1 aliphatic heterocycles. The third-order valence-corrected chi connectivity index (χ3v) is 2.23. The lowest BCUT2D eigenvalue weighted by atomic mass is 9.89. The molecule has 0 spiro atoms. The van der Waals surface area contributed by atoms with Crippen molar-refractivity contribution in [1.29, 1.82) is 0 Å². The van der Waals surface area contributed by atoms with E-state index in [1.165, 1.54) is 0 Å². The van der Waals surface area contributed by atoms with Gasteiger partial charge in [-0.3, -0.25) is 0 Å². The van der Waals surface area contributed by atoms with Crippen LogP contribution in [-0.4, -0.2) is 44.2 Å². The minimum atomic E-state index is 0.0642. The highest BCUT2D eigenvalue weighted by Crippen LogP contribution is 2.14. The molecule has 1 rings (SSSR count). The molecule has 0 aromatic heterocycles. The summed E-state index contributed by atoms with van der Waals surface area (Å²) >= 11 is 0. The minimum Gasteiger partial charge on any atom is -0.324 e. The molecule has 0 unspecified atom stereocenters. The number of nitrogens with zero attached hydrogens (tertiary/aromatic N) is 1. The molecule has 3 heteroatoms. The van der Waals surface area contributed by atoms with Crippen LogP contribution in [0.2, 0.25) is 0 Å². The fourth-order valence-corrected chi connectivity index (χ4v) is 1.71. The molecule has 0 atom stereocenters. The highest BCUT2D eigenvalue weighted by atomic mass is 15.1. The Hall–Kier alpha value is -0.120. The van der Waals surface area contributed by atoms with Crippen LogP contribution in [0.15, 0.2) is 0 Å². The van der Waals surface area contributed by atoms with E-state index in [1.807, 2.05) is 0 Å². The molecular formula is C8H19N3. The number of nitrogens with two attached hydrogens (primary N) is 1. The molecule has 3 nitrogen and oxygen atoms in total. The molecule has 1 aliphatic rings. The van der Waals surface area contributed by atoms with E-state index < -0.39 is 0 Å². The first-order valence-corrected chi connectivity index (χ1v) is 4.27. The monoisotopic (exact) mass is 157 g/mol. The Kier molecular flexibility index (Phi) is 2.87. The van der Waals surface area contributed by atoms with Crippen molar-refractivity contribution in [3.63, 3.8) is 0 Å². The Morgan fingerprint density at radius 1 is 1.36 bits per heavy atom. The number of piperidine rings is 1. The second kappa shape index (κ2) is 3.52. The van der Waals surface area contributed by atoms with Gasteiger partial charge in [-0.25, -0.2) is 0 Å². The molecule has 11 heavy (non-hydrogen) atoms. The van der Waals surface area contributed by atoms with Crippen LogP contribution in [0, 0.1) is 0 Å². The summed E-state index contributed by atoms with van der Waals surface area (Å²) in [7, 11) is 4.16. The average Bonchev–Trinajstić information content (AvgIpc) is 1.85. The van der Waals surface area contributed by atoms with Gasteiger partial charge >= 0.3 is 0 Å². The van der Waals surface area contributed by atoms with Crippen molar-refractivity contribution in [2.24, 2.45) is 5.73 Å². The Labute approximate surface area is 68.9 Å². The lowest BCUT2D eigenvalue weighted by Crippen LogP contribution is -2.54. The molecule has 0 saturated carbocycles. The molecule has 0 radical (unpaired) electrons. The van der Waals surface area contributed by atoms with E-state index in [9.17, 15) is 0 Å². The van der Waals surface area contributed by atoms with Crippen molar-refractivity contribution in [3.8, 4) is 0 Å². The summed E-state index contributed by atoms with van der Waals surface area (Å²) in [6.45, 7) is 3.16. The highest BCUT2D eigenvalue weighted by molar-refractivity contribution is 4.90. The molecule has 1 saturated heterocycles. The number of hydrogen-bond acceptors (Lipinski definition) is 3. The van der Waals surface area contributed by atoms with E-state index in [2.05, 4.69) is 24.3 Å². The second-order valence-electron chi connectivity index (χ2n) is 3.85. The van der Waals surface area contributed by atoms with Gasteiger partial charge in [0.2, 0.25) is 0 Å². The van der Waals surface area contributed by atoms with Crippen molar-refractivity contribution in [2.45, 2.75) is 18.4 Å². The predicted molar refractivity (Wildman–Crippen MR) is 47.6 cm³/mol.